The van der Waals surface area contributed by atoms with Crippen LogP contribution in [0.15, 0.2) is 70.3 Å². The van der Waals surface area contributed by atoms with Gasteiger partial charge in [-0.3, -0.25) is 9.59 Å². The van der Waals surface area contributed by atoms with Crippen LogP contribution < -0.4 is 11.1 Å². The van der Waals surface area contributed by atoms with E-state index in [9.17, 15) is 9.59 Å². The Balaban J connectivity index is 0.000000158. The van der Waals surface area contributed by atoms with Gasteiger partial charge in [-0.05, 0) is 61.0 Å². The summed E-state index contributed by atoms with van der Waals surface area (Å²) in [5, 5.41) is 2.14. The number of ether oxygens (including phenoxy) is 2. The summed E-state index contributed by atoms with van der Waals surface area (Å²) < 4.78 is 12.5. The van der Waals surface area contributed by atoms with Crippen molar-refractivity contribution in [1.82, 2.24) is 9.55 Å². The Morgan fingerprint density at radius 3 is 2.30 bits per heavy atom. The average molecular weight is 404 g/mol. The Labute approximate surface area is 173 Å². The number of hydrogen-bond acceptors (Lipinski definition) is 4. The average Bonchev–Trinajstić information content (AvgIpc) is 3.24. The van der Waals surface area contributed by atoms with E-state index in [2.05, 4.69) is 11.1 Å². The van der Waals surface area contributed by atoms with Crippen LogP contribution in [-0.2, 0) is 16.0 Å². The summed E-state index contributed by atoms with van der Waals surface area (Å²) in [5.41, 5.74) is 4.13. The summed E-state index contributed by atoms with van der Waals surface area (Å²) in [7, 11) is 0. The van der Waals surface area contributed by atoms with E-state index < -0.39 is 0 Å². The van der Waals surface area contributed by atoms with Crippen molar-refractivity contribution in [3.8, 4) is 0 Å². The van der Waals surface area contributed by atoms with E-state index in [0.29, 0.717) is 19.8 Å². The number of aromatic amines is 1. The van der Waals surface area contributed by atoms with Crippen molar-refractivity contribution < 1.29 is 9.47 Å². The minimum atomic E-state index is -0.311. The van der Waals surface area contributed by atoms with Crippen LogP contribution in [0, 0.1) is 13.8 Å². The van der Waals surface area contributed by atoms with Gasteiger partial charge in [-0.25, -0.2) is 0 Å². The van der Waals surface area contributed by atoms with Crippen molar-refractivity contribution in [2.45, 2.75) is 26.7 Å². The van der Waals surface area contributed by atoms with E-state index in [1.807, 2.05) is 56.3 Å². The molecule has 6 nitrogen and oxygen atoms in total. The maximum absolute atomic E-state index is 12.0. The SMILES string of the molecule is Cc1ccc2[nH]c(=O)ccc2c1.Cc1ccc2c(ccc(=O)n2CC2OCCO2)c1. The third-order valence-electron chi connectivity index (χ3n) is 5.05. The zero-order valence-corrected chi connectivity index (χ0v) is 17.1. The molecule has 0 spiro atoms. The maximum atomic E-state index is 12.0. The predicted molar refractivity (Wildman–Crippen MR) is 118 cm³/mol. The van der Waals surface area contributed by atoms with Crippen LogP contribution in [0.1, 0.15) is 11.1 Å². The van der Waals surface area contributed by atoms with Crippen LogP contribution in [0.4, 0.5) is 0 Å². The Kier molecular flexibility index (Phi) is 5.79. The van der Waals surface area contributed by atoms with Crippen molar-refractivity contribution >= 4 is 21.8 Å². The molecular weight excluding hydrogens is 380 g/mol. The molecule has 1 fully saturated rings. The molecule has 1 N–H and O–H groups in total. The van der Waals surface area contributed by atoms with Crippen molar-refractivity contribution in [3.05, 3.63) is 92.5 Å². The summed E-state index contributed by atoms with van der Waals surface area (Å²) >= 11 is 0. The van der Waals surface area contributed by atoms with E-state index in [4.69, 9.17) is 9.47 Å². The molecule has 0 saturated carbocycles. The van der Waals surface area contributed by atoms with E-state index in [-0.39, 0.29) is 17.4 Å². The van der Waals surface area contributed by atoms with Crippen LogP contribution in [0.2, 0.25) is 0 Å². The molecule has 0 radical (unpaired) electrons. The van der Waals surface area contributed by atoms with Crippen molar-refractivity contribution in [1.29, 1.82) is 0 Å². The minimum absolute atomic E-state index is 0.0227. The number of pyridine rings is 2. The van der Waals surface area contributed by atoms with Crippen molar-refractivity contribution in [3.63, 3.8) is 0 Å². The second-order valence-electron chi connectivity index (χ2n) is 7.43. The lowest BCUT2D eigenvalue weighted by molar-refractivity contribution is -0.0522. The smallest absolute Gasteiger partial charge is 0.251 e. The Morgan fingerprint density at radius 2 is 1.53 bits per heavy atom. The fraction of sp³-hybridized carbons (Fsp3) is 0.250. The number of hydrogen-bond donors (Lipinski definition) is 1. The largest absolute Gasteiger partial charge is 0.348 e. The zero-order chi connectivity index (χ0) is 21.1. The summed E-state index contributed by atoms with van der Waals surface area (Å²) in [6, 6.07) is 18.8. The number of nitrogens with zero attached hydrogens (tertiary/aromatic N) is 1. The predicted octanol–water partition coefficient (Wildman–Crippen LogP) is 3.52. The normalized spacial score (nSPS) is 14.1. The Morgan fingerprint density at radius 1 is 0.867 bits per heavy atom. The van der Waals surface area contributed by atoms with Gasteiger partial charge in [-0.15, -0.1) is 0 Å². The molecule has 0 amide bonds. The standard InChI is InChI=1S/C14H15NO3.C10H9NO/c1-10-2-4-12-11(8-10)3-5-13(16)15(12)9-14-17-6-7-18-14;1-7-2-4-9-8(6-7)3-5-10(12)11-9/h2-5,8,14H,6-7,9H2,1H3;2-6H,1H3,(H,11,12). The molecule has 30 heavy (non-hydrogen) atoms. The second-order valence-corrected chi connectivity index (χ2v) is 7.43. The van der Waals surface area contributed by atoms with Gasteiger partial charge in [0.25, 0.3) is 5.56 Å². The van der Waals surface area contributed by atoms with Crippen LogP contribution in [0.5, 0.6) is 0 Å². The lowest BCUT2D eigenvalue weighted by Crippen LogP contribution is -2.26. The van der Waals surface area contributed by atoms with E-state index >= 15 is 0 Å². The number of benzene rings is 2. The highest BCUT2D eigenvalue weighted by Crippen LogP contribution is 2.16. The van der Waals surface area contributed by atoms with Gasteiger partial charge in [0.15, 0.2) is 6.29 Å². The number of H-pyrrole nitrogens is 1. The summed E-state index contributed by atoms with van der Waals surface area (Å²) in [5.74, 6) is 0. The highest BCUT2D eigenvalue weighted by Gasteiger charge is 2.17. The summed E-state index contributed by atoms with van der Waals surface area (Å²) in [4.78, 5) is 25.6. The molecule has 2 aromatic carbocycles. The lowest BCUT2D eigenvalue weighted by Gasteiger charge is -2.14. The molecule has 0 unspecified atom stereocenters. The quantitative estimate of drug-likeness (QED) is 0.555. The minimum Gasteiger partial charge on any atom is -0.348 e. The van der Waals surface area contributed by atoms with E-state index in [1.54, 1.807) is 16.7 Å². The fourth-order valence-corrected chi connectivity index (χ4v) is 3.55. The van der Waals surface area contributed by atoms with Gasteiger partial charge in [0.2, 0.25) is 5.56 Å². The van der Waals surface area contributed by atoms with Gasteiger partial charge >= 0.3 is 0 Å². The third-order valence-corrected chi connectivity index (χ3v) is 5.05. The van der Waals surface area contributed by atoms with Crippen LogP contribution in [0.3, 0.4) is 0 Å². The molecule has 2 aromatic heterocycles. The molecule has 4 aromatic rings. The molecule has 3 heterocycles. The van der Waals surface area contributed by atoms with Gasteiger partial charge in [0.05, 0.1) is 25.3 Å². The van der Waals surface area contributed by atoms with Crippen molar-refractivity contribution in [2.75, 3.05) is 13.2 Å². The topological polar surface area (TPSA) is 73.3 Å². The molecule has 1 saturated heterocycles. The number of nitrogens with one attached hydrogen (secondary N) is 1. The molecule has 6 heteroatoms. The van der Waals surface area contributed by atoms with E-state index in [0.717, 1.165) is 21.8 Å². The monoisotopic (exact) mass is 404 g/mol. The number of fused-ring (bicyclic) bond motifs is 2. The molecule has 1 aliphatic rings. The molecule has 5 rings (SSSR count). The Hall–Kier alpha value is -3.22. The molecule has 1 aliphatic heterocycles. The first-order valence-electron chi connectivity index (χ1n) is 9.93. The second kappa shape index (κ2) is 8.65. The highest BCUT2D eigenvalue weighted by molar-refractivity contribution is 5.80. The molecular formula is C24H24N2O4. The first-order valence-corrected chi connectivity index (χ1v) is 9.93. The summed E-state index contributed by atoms with van der Waals surface area (Å²) in [6.45, 7) is 5.72. The van der Waals surface area contributed by atoms with E-state index in [1.165, 1.54) is 11.1 Å². The van der Waals surface area contributed by atoms with Gasteiger partial charge in [-0.2, -0.15) is 0 Å². The van der Waals surface area contributed by atoms with Crippen LogP contribution in [-0.4, -0.2) is 29.1 Å². The maximum Gasteiger partial charge on any atom is 0.251 e. The summed E-state index contributed by atoms with van der Waals surface area (Å²) in [6.07, 6.45) is -0.311. The Bertz CT molecular complexity index is 1300. The van der Waals surface area contributed by atoms with Gasteiger partial charge in [0.1, 0.15) is 0 Å². The fourth-order valence-electron chi connectivity index (χ4n) is 3.55. The van der Waals surface area contributed by atoms with Crippen LogP contribution in [0.25, 0.3) is 21.8 Å². The number of rotatable bonds is 2. The number of aryl methyl sites for hydroxylation is 2. The van der Waals surface area contributed by atoms with Gasteiger partial charge in [-0.1, -0.05) is 23.3 Å². The zero-order valence-electron chi connectivity index (χ0n) is 17.1. The molecule has 0 bridgehead atoms. The molecule has 0 atom stereocenters. The molecule has 154 valence electrons. The van der Waals surface area contributed by atoms with Crippen LogP contribution >= 0.6 is 0 Å². The number of aromatic nitrogens is 2. The first kappa shape index (κ1) is 20.1. The van der Waals surface area contributed by atoms with Gasteiger partial charge in [0, 0.05) is 17.6 Å². The first-order chi connectivity index (χ1) is 14.5. The highest BCUT2D eigenvalue weighted by atomic mass is 16.7. The van der Waals surface area contributed by atoms with Gasteiger partial charge < -0.3 is 19.0 Å². The molecule has 0 aliphatic carbocycles. The lowest BCUT2D eigenvalue weighted by atomic mass is 10.1. The van der Waals surface area contributed by atoms with Crippen molar-refractivity contribution in [2.24, 2.45) is 0 Å². The third kappa shape index (κ3) is 4.50.